The average molecular weight is 441 g/mol. The number of rotatable bonds is 4. The van der Waals surface area contributed by atoms with Crippen LogP contribution in [0, 0.1) is 6.92 Å². The summed E-state index contributed by atoms with van der Waals surface area (Å²) in [5.41, 5.74) is 0.869. The summed E-state index contributed by atoms with van der Waals surface area (Å²) in [5, 5.41) is 8.25. The molecule has 5 rings (SSSR count). The molecule has 0 unspecified atom stereocenters. The minimum atomic E-state index is -4.42. The van der Waals surface area contributed by atoms with Gasteiger partial charge < -0.3 is 9.88 Å². The van der Waals surface area contributed by atoms with Gasteiger partial charge in [-0.15, -0.1) is 0 Å². The summed E-state index contributed by atoms with van der Waals surface area (Å²) in [6, 6.07) is 7.01. The van der Waals surface area contributed by atoms with E-state index in [0.29, 0.717) is 27.9 Å². The lowest BCUT2D eigenvalue weighted by molar-refractivity contribution is -0.138. The van der Waals surface area contributed by atoms with Gasteiger partial charge in [-0.3, -0.25) is 4.79 Å². The molecule has 4 aromatic rings. The molecule has 6 nitrogen and oxygen atoms in total. The number of hydrogen-bond donors (Lipinski definition) is 1. The summed E-state index contributed by atoms with van der Waals surface area (Å²) in [4.78, 5) is 17.4. The number of halogens is 3. The third-order valence-electron chi connectivity index (χ3n) is 6.42. The molecule has 3 heterocycles. The van der Waals surface area contributed by atoms with Gasteiger partial charge in [0.25, 0.3) is 5.56 Å². The van der Waals surface area contributed by atoms with E-state index >= 15 is 0 Å². The predicted octanol–water partition coefficient (Wildman–Crippen LogP) is 5.05. The largest absolute Gasteiger partial charge is 0.416 e. The lowest BCUT2D eigenvalue weighted by atomic mass is 9.97. The Balaban J connectivity index is 1.65. The van der Waals surface area contributed by atoms with Crippen LogP contribution in [-0.4, -0.2) is 19.2 Å². The molecule has 1 aromatic carbocycles. The Morgan fingerprint density at radius 2 is 1.97 bits per heavy atom. The molecular weight excluding hydrogens is 419 g/mol. The molecule has 1 fully saturated rings. The molecule has 9 heteroatoms. The highest BCUT2D eigenvalue weighted by Gasteiger charge is 2.40. The molecule has 166 valence electrons. The molecule has 1 N–H and O–H groups in total. The molecule has 0 spiro atoms. The number of nitrogens with zero attached hydrogens (tertiary/aromatic N) is 4. The molecule has 0 saturated heterocycles. The smallest absolute Gasteiger partial charge is 0.363 e. The summed E-state index contributed by atoms with van der Waals surface area (Å²) in [7, 11) is 0. The number of benzene rings is 1. The third kappa shape index (κ3) is 3.23. The van der Waals surface area contributed by atoms with Gasteiger partial charge in [0, 0.05) is 23.9 Å². The van der Waals surface area contributed by atoms with Crippen LogP contribution in [0.4, 0.5) is 19.0 Å². The fraction of sp³-hybridized carbons (Fsp3) is 0.348. The van der Waals surface area contributed by atoms with Crippen molar-refractivity contribution in [1.29, 1.82) is 0 Å². The van der Waals surface area contributed by atoms with E-state index in [1.54, 1.807) is 46.6 Å². The highest BCUT2D eigenvalue weighted by atomic mass is 19.4. The topological polar surface area (TPSA) is 64.2 Å². The fourth-order valence-electron chi connectivity index (χ4n) is 4.29. The second-order valence-corrected chi connectivity index (χ2v) is 8.72. The number of pyridine rings is 1. The van der Waals surface area contributed by atoms with Gasteiger partial charge in [0.05, 0.1) is 28.7 Å². The van der Waals surface area contributed by atoms with Crippen molar-refractivity contribution in [3.05, 3.63) is 69.8 Å². The van der Waals surface area contributed by atoms with Crippen molar-refractivity contribution in [2.75, 3.05) is 5.32 Å². The number of aromatic nitrogens is 4. The van der Waals surface area contributed by atoms with Gasteiger partial charge in [0.15, 0.2) is 5.65 Å². The number of alkyl halides is 3. The first-order valence-corrected chi connectivity index (χ1v) is 10.4. The van der Waals surface area contributed by atoms with E-state index in [0.717, 1.165) is 18.9 Å². The van der Waals surface area contributed by atoms with Gasteiger partial charge >= 0.3 is 6.18 Å². The Hall–Kier alpha value is -3.36. The Kier molecular flexibility index (Phi) is 4.38. The fourth-order valence-corrected chi connectivity index (χ4v) is 4.29. The standard InChI is InChI=1S/C23H22F3N5O/c1-13-15(5-4-6-17(13)23(24,25)26)14(2)28-21-16-12-30(22(3)8-9-22)20(32)11-18(16)31-19(29-21)7-10-27-31/h4-7,10-12,14H,8-9H2,1-3H3,(H,28,29)/t14-/m1/s1. The molecule has 3 aromatic heterocycles. The van der Waals surface area contributed by atoms with Crippen LogP contribution in [0.1, 0.15) is 49.4 Å². The molecule has 1 aliphatic carbocycles. The molecule has 1 saturated carbocycles. The van der Waals surface area contributed by atoms with Crippen LogP contribution in [0.3, 0.4) is 0 Å². The van der Waals surface area contributed by atoms with Crippen molar-refractivity contribution in [3.63, 3.8) is 0 Å². The molecule has 0 bridgehead atoms. The Bertz CT molecular complexity index is 1420. The summed E-state index contributed by atoms with van der Waals surface area (Å²) in [5.74, 6) is 0.496. The van der Waals surface area contributed by atoms with Crippen LogP contribution in [0.15, 0.2) is 47.5 Å². The van der Waals surface area contributed by atoms with E-state index in [-0.39, 0.29) is 16.7 Å². The first-order chi connectivity index (χ1) is 15.1. The van der Waals surface area contributed by atoms with Crippen LogP contribution < -0.4 is 10.9 Å². The SMILES string of the molecule is Cc1c([C@@H](C)Nc2nc3ccnn3c3cc(=O)n(C4(C)CC4)cc23)cccc1C(F)(F)F. The van der Waals surface area contributed by atoms with Crippen LogP contribution in [0.5, 0.6) is 0 Å². The minimum Gasteiger partial charge on any atom is -0.363 e. The molecule has 32 heavy (non-hydrogen) atoms. The van der Waals surface area contributed by atoms with Crippen molar-refractivity contribution in [2.45, 2.75) is 51.4 Å². The summed E-state index contributed by atoms with van der Waals surface area (Å²) in [6.45, 7) is 5.31. The van der Waals surface area contributed by atoms with Crippen molar-refractivity contribution in [1.82, 2.24) is 19.2 Å². The molecule has 1 aliphatic rings. The highest BCUT2D eigenvalue weighted by Crippen LogP contribution is 2.42. The van der Waals surface area contributed by atoms with E-state index < -0.39 is 17.8 Å². The molecule has 0 radical (unpaired) electrons. The van der Waals surface area contributed by atoms with Gasteiger partial charge in [-0.25, -0.2) is 9.50 Å². The molecular formula is C23H22F3N5O. The summed E-state index contributed by atoms with van der Waals surface area (Å²) >= 11 is 0. The number of anilines is 1. The second-order valence-electron chi connectivity index (χ2n) is 8.72. The van der Waals surface area contributed by atoms with Crippen molar-refractivity contribution < 1.29 is 13.2 Å². The van der Waals surface area contributed by atoms with Crippen LogP contribution >= 0.6 is 0 Å². The van der Waals surface area contributed by atoms with Gasteiger partial charge in [-0.05, 0) is 50.8 Å². The van der Waals surface area contributed by atoms with Gasteiger partial charge in [0.1, 0.15) is 5.82 Å². The van der Waals surface area contributed by atoms with E-state index in [9.17, 15) is 18.0 Å². The summed E-state index contributed by atoms with van der Waals surface area (Å²) < 4.78 is 43.5. The van der Waals surface area contributed by atoms with Crippen molar-refractivity contribution in [3.8, 4) is 0 Å². The molecule has 1 atom stereocenters. The summed E-state index contributed by atoms with van der Waals surface area (Å²) in [6.07, 6.45) is 0.792. The van der Waals surface area contributed by atoms with Crippen LogP contribution in [0.25, 0.3) is 16.6 Å². The van der Waals surface area contributed by atoms with Gasteiger partial charge in [-0.1, -0.05) is 12.1 Å². The Morgan fingerprint density at radius 3 is 2.66 bits per heavy atom. The first kappa shape index (κ1) is 20.5. The quantitative estimate of drug-likeness (QED) is 0.481. The third-order valence-corrected chi connectivity index (χ3v) is 6.42. The maximum absolute atomic E-state index is 13.4. The lowest BCUT2D eigenvalue weighted by Crippen LogP contribution is -2.27. The van der Waals surface area contributed by atoms with Crippen LogP contribution in [-0.2, 0) is 11.7 Å². The maximum Gasteiger partial charge on any atom is 0.416 e. The monoisotopic (exact) mass is 441 g/mol. The zero-order valence-electron chi connectivity index (χ0n) is 17.9. The molecule has 0 aliphatic heterocycles. The van der Waals surface area contributed by atoms with Crippen molar-refractivity contribution in [2.24, 2.45) is 0 Å². The van der Waals surface area contributed by atoms with E-state index in [4.69, 9.17) is 0 Å². The number of hydrogen-bond acceptors (Lipinski definition) is 4. The van der Waals surface area contributed by atoms with Crippen LogP contribution in [0.2, 0.25) is 0 Å². The van der Waals surface area contributed by atoms with Gasteiger partial charge in [0.2, 0.25) is 0 Å². The maximum atomic E-state index is 13.4. The van der Waals surface area contributed by atoms with E-state index in [2.05, 4.69) is 15.4 Å². The van der Waals surface area contributed by atoms with Crippen molar-refractivity contribution >= 4 is 22.4 Å². The predicted molar refractivity (Wildman–Crippen MR) is 116 cm³/mol. The van der Waals surface area contributed by atoms with E-state index in [1.165, 1.54) is 13.0 Å². The first-order valence-electron chi connectivity index (χ1n) is 10.4. The highest BCUT2D eigenvalue weighted by molar-refractivity contribution is 5.90. The average Bonchev–Trinajstić information content (AvgIpc) is 3.28. The Morgan fingerprint density at radius 1 is 1.22 bits per heavy atom. The number of nitrogens with one attached hydrogen (secondary N) is 1. The van der Waals surface area contributed by atoms with Gasteiger partial charge in [-0.2, -0.15) is 18.3 Å². The Labute approximate surface area is 181 Å². The molecule has 0 amide bonds. The minimum absolute atomic E-state index is 0.117. The lowest BCUT2D eigenvalue weighted by Gasteiger charge is -2.22. The second kappa shape index (κ2) is 6.82. The number of fused-ring (bicyclic) bond motifs is 3. The normalized spacial score (nSPS) is 16.4. The van der Waals surface area contributed by atoms with E-state index in [1.807, 2.05) is 6.92 Å². The zero-order chi connectivity index (χ0) is 22.8. The zero-order valence-corrected chi connectivity index (χ0v) is 17.9.